The Morgan fingerprint density at radius 1 is 1.21 bits per heavy atom. The molecule has 0 aromatic heterocycles. The van der Waals surface area contributed by atoms with Crippen molar-refractivity contribution in [1.82, 2.24) is 4.72 Å². The first-order chi connectivity index (χ1) is 13.4. The monoisotopic (exact) mass is 418 g/mol. The molecule has 2 N–H and O–H groups in total. The van der Waals surface area contributed by atoms with E-state index >= 15 is 0 Å². The van der Waals surface area contributed by atoms with Crippen LogP contribution in [-0.2, 0) is 21.3 Å². The molecule has 0 amide bonds. The molecule has 152 valence electrons. The molecule has 9 nitrogen and oxygen atoms in total. The van der Waals surface area contributed by atoms with E-state index in [4.69, 9.17) is 4.74 Å². The highest BCUT2D eigenvalue weighted by molar-refractivity contribution is 7.88. The Kier molecular flexibility index (Phi) is 3.93. The van der Waals surface area contributed by atoms with Crippen molar-refractivity contribution in [3.05, 3.63) is 68.8 Å². The van der Waals surface area contributed by atoms with Crippen molar-refractivity contribution >= 4 is 21.5 Å². The summed E-state index contributed by atoms with van der Waals surface area (Å²) in [6.07, 6.45) is 0.841. The van der Waals surface area contributed by atoms with Crippen LogP contribution in [0.2, 0.25) is 0 Å². The van der Waals surface area contributed by atoms with Gasteiger partial charge in [0.2, 0.25) is 15.8 Å². The average Bonchev–Trinajstić information content (AvgIpc) is 2.97. The third-order valence-corrected chi connectivity index (χ3v) is 6.03. The summed E-state index contributed by atoms with van der Waals surface area (Å²) < 4.78 is 32.4. The van der Waals surface area contributed by atoms with Crippen molar-refractivity contribution in [1.29, 1.82) is 0 Å². The molecule has 2 aliphatic rings. The van der Waals surface area contributed by atoms with E-state index in [9.17, 15) is 28.4 Å². The number of benzene rings is 2. The molecule has 0 saturated carbocycles. The lowest BCUT2D eigenvalue weighted by Crippen LogP contribution is -2.59. The molecular formula is C19H18N2O7S. The highest BCUT2D eigenvalue weighted by Crippen LogP contribution is 2.59. The number of nitrogens with one attached hydrogen (secondary N) is 1. The number of carbonyl (C=O) groups is 1. The fourth-order valence-corrected chi connectivity index (χ4v) is 4.99. The van der Waals surface area contributed by atoms with Crippen molar-refractivity contribution in [3.63, 3.8) is 0 Å². The summed E-state index contributed by atoms with van der Waals surface area (Å²) in [5, 5.41) is 23.0. The van der Waals surface area contributed by atoms with Gasteiger partial charge in [0.15, 0.2) is 5.54 Å². The standard InChI is InChI=1S/C19H18N2O7S/c1-10(2)11-7-8-12-15(9-11)28-19(23)13-5-4-6-14(21(24)25)16(13)17(22)18(12,19)20-29(3,26)27/h4-10,20,23H,1-3H3. The Labute approximate surface area is 166 Å². The van der Waals surface area contributed by atoms with E-state index < -0.39 is 37.7 Å². The summed E-state index contributed by atoms with van der Waals surface area (Å²) in [6, 6.07) is 8.60. The second-order valence-electron chi connectivity index (χ2n) is 7.57. The van der Waals surface area contributed by atoms with Crippen molar-refractivity contribution in [2.24, 2.45) is 0 Å². The van der Waals surface area contributed by atoms with Gasteiger partial charge in [-0.1, -0.05) is 38.1 Å². The highest BCUT2D eigenvalue weighted by Gasteiger charge is 2.73. The first-order valence-electron chi connectivity index (χ1n) is 8.80. The molecule has 2 unspecified atom stereocenters. The topological polar surface area (TPSA) is 136 Å². The predicted octanol–water partition coefficient (Wildman–Crippen LogP) is 1.90. The van der Waals surface area contributed by atoms with Gasteiger partial charge in [0.05, 0.1) is 11.2 Å². The smallest absolute Gasteiger partial charge is 0.280 e. The zero-order chi connectivity index (χ0) is 21.4. The molecule has 1 heterocycles. The van der Waals surface area contributed by atoms with E-state index in [0.717, 1.165) is 17.9 Å². The van der Waals surface area contributed by atoms with Crippen molar-refractivity contribution in [2.75, 3.05) is 6.26 Å². The Bertz CT molecular complexity index is 1190. The van der Waals surface area contributed by atoms with E-state index in [1.807, 2.05) is 13.8 Å². The largest absolute Gasteiger partial charge is 0.455 e. The number of Topliss-reactive ketones (excluding diaryl/α,β-unsaturated/α-hetero) is 1. The SMILES string of the molecule is CC(C)c1ccc2c(c1)OC1(O)c3cccc([N+](=O)[O-])c3C(=O)C21NS(C)(=O)=O. The van der Waals surface area contributed by atoms with Crippen LogP contribution in [0.3, 0.4) is 0 Å². The molecule has 2 atom stereocenters. The fourth-order valence-electron chi connectivity index (χ4n) is 4.09. The van der Waals surface area contributed by atoms with Gasteiger partial charge in [-0.25, -0.2) is 8.42 Å². The minimum Gasteiger partial charge on any atom is -0.455 e. The maximum Gasteiger partial charge on any atom is 0.280 e. The quantitative estimate of drug-likeness (QED) is 0.572. The number of ketones is 1. The summed E-state index contributed by atoms with van der Waals surface area (Å²) in [7, 11) is -4.04. The molecule has 1 aliphatic carbocycles. The molecule has 0 fully saturated rings. The van der Waals surface area contributed by atoms with E-state index in [-0.39, 0.29) is 28.4 Å². The summed E-state index contributed by atoms with van der Waals surface area (Å²) in [5.74, 6) is -3.15. The lowest BCUT2D eigenvalue weighted by atomic mass is 9.83. The Hall–Kier alpha value is -2.82. The molecule has 29 heavy (non-hydrogen) atoms. The van der Waals surface area contributed by atoms with Crippen molar-refractivity contribution in [2.45, 2.75) is 31.1 Å². The van der Waals surface area contributed by atoms with Crippen LogP contribution in [0.1, 0.15) is 46.8 Å². The Morgan fingerprint density at radius 2 is 1.90 bits per heavy atom. The first kappa shape index (κ1) is 19.5. The summed E-state index contributed by atoms with van der Waals surface area (Å²) in [4.78, 5) is 24.2. The van der Waals surface area contributed by atoms with Crippen LogP contribution in [-0.4, -0.2) is 30.5 Å². The van der Waals surface area contributed by atoms with Crippen LogP contribution in [0.5, 0.6) is 5.75 Å². The van der Waals surface area contributed by atoms with Crippen LogP contribution in [0.4, 0.5) is 5.69 Å². The van der Waals surface area contributed by atoms with Gasteiger partial charge >= 0.3 is 0 Å². The second kappa shape index (κ2) is 5.85. The number of nitro groups is 1. The fraction of sp³-hybridized carbons (Fsp3) is 0.316. The van der Waals surface area contributed by atoms with E-state index in [1.165, 1.54) is 18.2 Å². The maximum atomic E-state index is 13.5. The van der Waals surface area contributed by atoms with Gasteiger partial charge in [-0.15, -0.1) is 0 Å². The van der Waals surface area contributed by atoms with E-state index in [1.54, 1.807) is 12.1 Å². The number of nitro benzene ring substituents is 1. The number of rotatable bonds is 4. The van der Waals surface area contributed by atoms with Crippen molar-refractivity contribution in [3.8, 4) is 5.75 Å². The first-order valence-corrected chi connectivity index (χ1v) is 10.7. The Morgan fingerprint density at radius 3 is 2.48 bits per heavy atom. The number of fused-ring (bicyclic) bond motifs is 5. The number of hydrogen-bond donors (Lipinski definition) is 2. The maximum absolute atomic E-state index is 13.5. The number of sulfonamides is 1. The number of hydrogen-bond acceptors (Lipinski definition) is 7. The van der Waals surface area contributed by atoms with Crippen LogP contribution >= 0.6 is 0 Å². The van der Waals surface area contributed by atoms with Gasteiger partial charge in [0.1, 0.15) is 11.3 Å². The number of ether oxygens (including phenoxy) is 1. The van der Waals surface area contributed by atoms with Gasteiger partial charge in [0.25, 0.3) is 11.5 Å². The van der Waals surface area contributed by atoms with Crippen LogP contribution in [0.25, 0.3) is 0 Å². The summed E-state index contributed by atoms with van der Waals surface area (Å²) >= 11 is 0. The van der Waals surface area contributed by atoms with Crippen LogP contribution in [0, 0.1) is 10.1 Å². The van der Waals surface area contributed by atoms with Gasteiger partial charge in [-0.2, -0.15) is 4.72 Å². The zero-order valence-corrected chi connectivity index (χ0v) is 16.6. The Balaban J connectivity index is 2.07. The number of nitrogens with zero attached hydrogens (tertiary/aromatic N) is 1. The van der Waals surface area contributed by atoms with Crippen molar-refractivity contribution < 1.29 is 28.0 Å². The lowest BCUT2D eigenvalue weighted by Gasteiger charge is -2.33. The van der Waals surface area contributed by atoms with Gasteiger partial charge in [-0.3, -0.25) is 14.9 Å². The molecule has 0 bridgehead atoms. The normalized spacial score (nSPS) is 24.8. The molecule has 2 aromatic rings. The third-order valence-electron chi connectivity index (χ3n) is 5.35. The van der Waals surface area contributed by atoms with Crippen LogP contribution < -0.4 is 9.46 Å². The minimum atomic E-state index is -4.04. The van der Waals surface area contributed by atoms with Gasteiger partial charge in [0, 0.05) is 17.2 Å². The molecular weight excluding hydrogens is 400 g/mol. The predicted molar refractivity (Wildman–Crippen MR) is 102 cm³/mol. The molecule has 2 aromatic carbocycles. The van der Waals surface area contributed by atoms with E-state index in [2.05, 4.69) is 4.72 Å². The highest BCUT2D eigenvalue weighted by atomic mass is 32.2. The number of carbonyl (C=O) groups excluding carboxylic acids is 1. The van der Waals surface area contributed by atoms with Gasteiger partial charge < -0.3 is 9.84 Å². The molecule has 10 heteroatoms. The van der Waals surface area contributed by atoms with Crippen LogP contribution in [0.15, 0.2) is 36.4 Å². The zero-order valence-electron chi connectivity index (χ0n) is 15.8. The minimum absolute atomic E-state index is 0.102. The molecule has 0 spiro atoms. The van der Waals surface area contributed by atoms with Gasteiger partial charge in [-0.05, 0) is 17.5 Å². The lowest BCUT2D eigenvalue weighted by molar-refractivity contribution is -0.385. The average molecular weight is 418 g/mol. The molecule has 0 saturated heterocycles. The number of aliphatic hydroxyl groups is 1. The molecule has 0 radical (unpaired) electrons. The van der Waals surface area contributed by atoms with E-state index in [0.29, 0.717) is 0 Å². The summed E-state index contributed by atoms with van der Waals surface area (Å²) in [6.45, 7) is 3.89. The molecule has 1 aliphatic heterocycles. The second-order valence-corrected chi connectivity index (χ2v) is 9.31. The molecule has 4 rings (SSSR count). The third kappa shape index (κ3) is 2.46. The summed E-state index contributed by atoms with van der Waals surface area (Å²) in [5.41, 5.74) is -2.38.